The molecule has 0 atom stereocenters. The first-order valence-corrected chi connectivity index (χ1v) is 5.93. The first-order chi connectivity index (χ1) is 6.37. The van der Waals surface area contributed by atoms with Crippen LogP contribution in [0.15, 0.2) is 0 Å². The number of amides is 1. The van der Waals surface area contributed by atoms with E-state index in [2.05, 4.69) is 37.8 Å². The molecule has 0 N–H and O–H groups in total. The molecule has 0 rings (SSSR count). The zero-order valence-corrected chi connectivity index (χ0v) is 10.9. The molecule has 0 aliphatic carbocycles. The van der Waals surface area contributed by atoms with Crippen LogP contribution in [0.4, 0.5) is 0 Å². The molecular weight excluding hydrogens is 300 g/mol. The van der Waals surface area contributed by atoms with Crippen LogP contribution in [-0.4, -0.2) is 24.0 Å². The Bertz CT molecular complexity index is 192. The van der Waals surface area contributed by atoms with E-state index in [4.69, 9.17) is 0 Å². The number of rotatable bonds is 1. The van der Waals surface area contributed by atoms with Gasteiger partial charge in [0.2, 0.25) is 0 Å². The van der Waals surface area contributed by atoms with Crippen molar-refractivity contribution in [3.05, 3.63) is 5.32 Å². The van der Waals surface area contributed by atoms with Gasteiger partial charge in [0.25, 0.3) is 0 Å². The normalized spacial score (nSPS) is 9.64. The van der Waals surface area contributed by atoms with E-state index < -0.39 is 17.4 Å². The van der Waals surface area contributed by atoms with Crippen LogP contribution in [0.1, 0.15) is 27.7 Å². The minimum atomic E-state index is -0.882. The summed E-state index contributed by atoms with van der Waals surface area (Å²) >= 11 is 2.22. The molecule has 0 aliphatic rings. The third kappa shape index (κ3) is 9.98. The molecule has 0 bridgehead atoms. The van der Waals surface area contributed by atoms with Crippen molar-refractivity contribution < 1.29 is 32.5 Å². The number of carbonyl (C=O) groups is 2. The van der Waals surface area contributed by atoms with Crippen molar-refractivity contribution in [2.75, 3.05) is 6.61 Å². The van der Waals surface area contributed by atoms with Crippen molar-refractivity contribution in [2.45, 2.75) is 33.2 Å². The molecule has 14 heavy (non-hydrogen) atoms. The summed E-state index contributed by atoms with van der Waals surface area (Å²) < 4.78 is 4.47. The van der Waals surface area contributed by atoms with Crippen molar-refractivity contribution in [1.82, 2.24) is 0 Å². The number of ether oxygens (including phenoxy) is 1. The van der Waals surface area contributed by atoms with Gasteiger partial charge in [-0.1, -0.05) is 20.8 Å². The Kier molecular flexibility index (Phi) is 9.59. The van der Waals surface area contributed by atoms with Crippen molar-refractivity contribution in [1.29, 1.82) is 0 Å². The molecule has 0 saturated heterocycles. The summed E-state index contributed by atoms with van der Waals surface area (Å²) in [6.45, 7) is 7.06. The van der Waals surface area contributed by atoms with Crippen molar-refractivity contribution in [3.8, 4) is 0 Å². The number of hydrogen-bond donors (Lipinski definition) is 0. The van der Waals surface area contributed by atoms with E-state index in [0.29, 0.717) is 0 Å². The van der Waals surface area contributed by atoms with Gasteiger partial charge in [-0.15, -0.1) is 5.54 Å². The monoisotopic (exact) mass is 313 g/mol. The molecule has 0 aliphatic heterocycles. The van der Waals surface area contributed by atoms with Crippen LogP contribution in [0, 0.1) is 0 Å². The number of esters is 1. The second-order valence-electron chi connectivity index (χ2n) is 3.31. The van der Waals surface area contributed by atoms with E-state index >= 15 is 0 Å². The molecule has 86 valence electrons. The molecule has 6 heteroatoms. The fourth-order valence-corrected chi connectivity index (χ4v) is 0.543. The van der Waals surface area contributed by atoms with E-state index in [0.717, 1.165) is 0 Å². The molecule has 0 aromatic rings. The van der Waals surface area contributed by atoms with E-state index in [1.807, 2.05) is 0 Å². The van der Waals surface area contributed by atoms with Crippen molar-refractivity contribution >= 4 is 21.4 Å². The van der Waals surface area contributed by atoms with Crippen molar-refractivity contribution in [2.24, 2.45) is 0 Å². The summed E-state index contributed by atoms with van der Waals surface area (Å²) in [6.07, 6.45) is 0. The Labute approximate surface area is 99.1 Å². The second kappa shape index (κ2) is 8.22. The molecule has 0 fully saturated rings. The maximum atomic E-state index is 10.9. The predicted octanol–water partition coefficient (Wildman–Crippen LogP) is 1.94. The topological polar surface area (TPSA) is 57.5 Å². The zero-order valence-electron chi connectivity index (χ0n) is 8.57. The average Bonchev–Trinajstić information content (AvgIpc) is 2.05. The van der Waals surface area contributed by atoms with Gasteiger partial charge in [0.15, 0.2) is 5.91 Å². The van der Waals surface area contributed by atoms with E-state index in [-0.39, 0.29) is 6.61 Å². The van der Waals surface area contributed by atoms with Gasteiger partial charge in [-0.3, -0.25) is 0 Å². The summed E-state index contributed by atoms with van der Waals surface area (Å²) in [7, 11) is 4.49. The number of nitrogens with zero attached hydrogens (tertiary/aromatic N) is 1. The Morgan fingerprint density at radius 2 is 1.79 bits per heavy atom. The quantitative estimate of drug-likeness (QED) is 0.422. The van der Waals surface area contributed by atoms with Crippen LogP contribution in [0.3, 0.4) is 0 Å². The molecule has 0 aromatic carbocycles. The van der Waals surface area contributed by atoms with E-state index in [1.54, 1.807) is 27.7 Å². The number of carbonyl (C=O) groups excluding carboxylic acids is 2. The van der Waals surface area contributed by atoms with Gasteiger partial charge >= 0.3 is 33.7 Å². The van der Waals surface area contributed by atoms with Crippen LogP contribution < -0.4 is 0 Å². The molecule has 1 amide bonds. The Balaban J connectivity index is 0. The van der Waals surface area contributed by atoms with Crippen LogP contribution in [0.5, 0.6) is 0 Å². The Morgan fingerprint density at radius 1 is 1.36 bits per heavy atom. The zero-order chi connectivity index (χ0) is 11.8. The second-order valence-corrected chi connectivity index (χ2v) is 3.31. The summed E-state index contributed by atoms with van der Waals surface area (Å²) in [4.78, 5) is 21.7. The number of hydrogen-bond acceptors (Lipinski definition) is 3. The fraction of sp³-hybridized carbons (Fsp3) is 0.750. The van der Waals surface area contributed by atoms with Gasteiger partial charge in [-0.25, -0.2) is 4.79 Å². The Morgan fingerprint density at radius 3 is 2.07 bits per heavy atom. The van der Waals surface area contributed by atoms with Gasteiger partial charge in [-0.05, 0) is 6.92 Å². The van der Waals surface area contributed by atoms with Gasteiger partial charge in [-0.2, -0.15) is 0 Å². The molecule has 0 spiro atoms. The van der Waals surface area contributed by atoms with Gasteiger partial charge < -0.3 is 14.8 Å². The molecule has 0 unspecified atom stereocenters. The SMILES string of the molecule is CCOC(=O)C(=O)[N-]C(C)(C)C.[Cl][Pd+]. The summed E-state index contributed by atoms with van der Waals surface area (Å²) in [5.74, 6) is -1.70. The first-order valence-electron chi connectivity index (χ1n) is 3.92. The maximum absolute atomic E-state index is 10.9. The van der Waals surface area contributed by atoms with Crippen LogP contribution in [-0.2, 0) is 32.5 Å². The molecule has 0 heterocycles. The van der Waals surface area contributed by atoms with Crippen molar-refractivity contribution in [3.63, 3.8) is 0 Å². The summed E-state index contributed by atoms with van der Waals surface area (Å²) in [6, 6.07) is 0. The standard InChI is InChI=1S/C8H15NO3.ClH.Pd/c1-5-12-7(11)6(10)9-8(2,3)4;;/h5H2,1-4H3,(H,9,10);1H;/q;;+2/p-2. The Hall–Kier alpha value is -0.108. The van der Waals surface area contributed by atoms with E-state index in [9.17, 15) is 9.59 Å². The van der Waals surface area contributed by atoms with Crippen LogP contribution in [0.2, 0.25) is 0 Å². The van der Waals surface area contributed by atoms with E-state index in [1.165, 1.54) is 0 Å². The predicted molar refractivity (Wildman–Crippen MR) is 50.6 cm³/mol. The molecule has 0 saturated carbocycles. The summed E-state index contributed by atoms with van der Waals surface area (Å²) in [5.41, 5.74) is -0.524. The number of halogens is 1. The first kappa shape index (κ1) is 16.3. The minimum absolute atomic E-state index is 0.199. The average molecular weight is 314 g/mol. The fourth-order valence-electron chi connectivity index (χ4n) is 0.543. The molecule has 4 nitrogen and oxygen atoms in total. The van der Waals surface area contributed by atoms with Gasteiger partial charge in [0.1, 0.15) is 0 Å². The van der Waals surface area contributed by atoms with Crippen LogP contribution in [0.25, 0.3) is 5.32 Å². The third-order valence-electron chi connectivity index (χ3n) is 0.887. The van der Waals surface area contributed by atoms with Gasteiger partial charge in [0, 0.05) is 0 Å². The van der Waals surface area contributed by atoms with Crippen LogP contribution >= 0.6 is 9.53 Å². The molecular formula is C8H14ClNO3Pd. The van der Waals surface area contributed by atoms with Gasteiger partial charge in [0.05, 0.1) is 6.61 Å². The molecule has 0 aromatic heterocycles. The third-order valence-corrected chi connectivity index (χ3v) is 0.887. The summed E-state index contributed by atoms with van der Waals surface area (Å²) in [5, 5.41) is 3.61. The molecule has 0 radical (unpaired) electrons.